The first kappa shape index (κ1) is 20.9. The zero-order valence-electron chi connectivity index (χ0n) is 17.3. The molecule has 2 unspecified atom stereocenters. The number of ether oxygens (including phenoxy) is 1. The second-order valence-corrected chi connectivity index (χ2v) is 8.25. The molecule has 3 atom stereocenters. The van der Waals surface area contributed by atoms with E-state index in [1.54, 1.807) is 6.92 Å². The smallest absolute Gasteiger partial charge is 0.407 e. The first-order valence-electron chi connectivity index (χ1n) is 10.6. The molecule has 0 bridgehead atoms. The largest absolute Gasteiger partial charge is 0.481 e. The highest BCUT2D eigenvalue weighted by Crippen LogP contribution is 2.44. The molecule has 0 aromatic heterocycles. The number of carbonyl (C=O) groups is 3. The van der Waals surface area contributed by atoms with Crippen molar-refractivity contribution < 1.29 is 24.2 Å². The van der Waals surface area contributed by atoms with Crippen LogP contribution in [0.15, 0.2) is 48.5 Å². The van der Waals surface area contributed by atoms with Crippen LogP contribution in [-0.2, 0) is 14.3 Å². The van der Waals surface area contributed by atoms with Gasteiger partial charge in [0, 0.05) is 12.0 Å². The number of rotatable bonds is 6. The van der Waals surface area contributed by atoms with Gasteiger partial charge in [0.25, 0.3) is 0 Å². The summed E-state index contributed by atoms with van der Waals surface area (Å²) in [5.41, 5.74) is 4.54. The summed E-state index contributed by atoms with van der Waals surface area (Å²) in [6.07, 6.45) is 0.937. The van der Waals surface area contributed by atoms with Crippen LogP contribution >= 0.6 is 0 Å². The Morgan fingerprint density at radius 1 is 1.03 bits per heavy atom. The SMILES string of the molecule is C[C@@H](NC(=O)OCC1c2ccccc2-c2ccccc21)C(=O)NC1CCC(C(=O)O)C1. The van der Waals surface area contributed by atoms with Crippen LogP contribution in [0.25, 0.3) is 11.1 Å². The number of carboxylic acids is 1. The number of nitrogens with one attached hydrogen (secondary N) is 2. The molecule has 1 fully saturated rings. The van der Waals surface area contributed by atoms with Crippen LogP contribution in [-0.4, -0.2) is 41.8 Å². The van der Waals surface area contributed by atoms with Crippen molar-refractivity contribution >= 4 is 18.0 Å². The Morgan fingerprint density at radius 3 is 2.23 bits per heavy atom. The number of fused-ring (bicyclic) bond motifs is 3. The van der Waals surface area contributed by atoms with E-state index in [9.17, 15) is 14.4 Å². The fourth-order valence-electron chi connectivity index (χ4n) is 4.55. The molecule has 3 N–H and O–H groups in total. The minimum absolute atomic E-state index is 0.0475. The lowest BCUT2D eigenvalue weighted by atomic mass is 9.98. The van der Waals surface area contributed by atoms with Crippen molar-refractivity contribution in [1.29, 1.82) is 0 Å². The highest BCUT2D eigenvalue weighted by molar-refractivity contribution is 5.85. The molecule has 1 saturated carbocycles. The Morgan fingerprint density at radius 2 is 1.65 bits per heavy atom. The van der Waals surface area contributed by atoms with E-state index in [-0.39, 0.29) is 24.5 Å². The lowest BCUT2D eigenvalue weighted by Crippen LogP contribution is -2.47. The number of hydrogen-bond donors (Lipinski definition) is 3. The van der Waals surface area contributed by atoms with Crippen LogP contribution in [0.3, 0.4) is 0 Å². The molecule has 31 heavy (non-hydrogen) atoms. The molecule has 0 aliphatic heterocycles. The first-order chi connectivity index (χ1) is 14.9. The maximum absolute atomic E-state index is 12.4. The third-order valence-corrected chi connectivity index (χ3v) is 6.20. The van der Waals surface area contributed by atoms with Gasteiger partial charge in [-0.2, -0.15) is 0 Å². The van der Waals surface area contributed by atoms with Gasteiger partial charge in [0.05, 0.1) is 5.92 Å². The Labute approximate surface area is 180 Å². The fourth-order valence-corrected chi connectivity index (χ4v) is 4.55. The predicted octanol–water partition coefficient (Wildman–Crippen LogP) is 3.28. The van der Waals surface area contributed by atoms with Crippen molar-refractivity contribution in [3.63, 3.8) is 0 Å². The maximum atomic E-state index is 12.4. The standard InChI is InChI=1S/C24H26N2O5/c1-14(22(27)26-16-11-10-15(12-16)23(28)29)25-24(30)31-13-21-19-8-4-2-6-17(19)18-7-3-5-9-20(18)21/h2-9,14-16,21H,10-13H2,1H3,(H,25,30)(H,26,27)(H,28,29)/t14-,15?,16?/m1/s1. The van der Waals surface area contributed by atoms with Crippen molar-refractivity contribution in [3.8, 4) is 11.1 Å². The molecule has 162 valence electrons. The molecule has 2 aromatic carbocycles. The predicted molar refractivity (Wildman–Crippen MR) is 115 cm³/mol. The lowest BCUT2D eigenvalue weighted by molar-refractivity contribution is -0.141. The van der Waals surface area contributed by atoms with E-state index in [1.165, 1.54) is 0 Å². The third-order valence-electron chi connectivity index (χ3n) is 6.20. The highest BCUT2D eigenvalue weighted by Gasteiger charge is 2.32. The topological polar surface area (TPSA) is 105 Å². The van der Waals surface area contributed by atoms with Crippen molar-refractivity contribution in [2.75, 3.05) is 6.61 Å². The second-order valence-electron chi connectivity index (χ2n) is 8.25. The van der Waals surface area contributed by atoms with Gasteiger partial charge in [0.1, 0.15) is 12.6 Å². The van der Waals surface area contributed by atoms with E-state index in [1.807, 2.05) is 36.4 Å². The average molecular weight is 422 g/mol. The van der Waals surface area contributed by atoms with E-state index < -0.39 is 24.0 Å². The van der Waals surface area contributed by atoms with Gasteiger partial charge < -0.3 is 20.5 Å². The summed E-state index contributed by atoms with van der Waals surface area (Å²) in [5.74, 6) is -1.64. The second kappa shape index (κ2) is 8.79. The quantitative estimate of drug-likeness (QED) is 0.663. The Balaban J connectivity index is 1.30. The minimum Gasteiger partial charge on any atom is -0.481 e. The highest BCUT2D eigenvalue weighted by atomic mass is 16.5. The van der Waals surface area contributed by atoms with Crippen LogP contribution in [0.2, 0.25) is 0 Å². The molecule has 0 radical (unpaired) electrons. The zero-order valence-corrected chi connectivity index (χ0v) is 17.3. The number of aliphatic carboxylic acids is 1. The van der Waals surface area contributed by atoms with Gasteiger partial charge in [-0.15, -0.1) is 0 Å². The van der Waals surface area contributed by atoms with Gasteiger partial charge in [-0.05, 0) is 48.4 Å². The number of hydrogen-bond acceptors (Lipinski definition) is 4. The summed E-state index contributed by atoms with van der Waals surface area (Å²) in [6, 6.07) is 15.2. The van der Waals surface area contributed by atoms with Crippen LogP contribution in [0.4, 0.5) is 4.79 Å². The molecule has 7 heteroatoms. The van der Waals surface area contributed by atoms with Crippen molar-refractivity contribution in [2.24, 2.45) is 5.92 Å². The summed E-state index contributed by atoms with van der Waals surface area (Å²) >= 11 is 0. The number of amides is 2. The first-order valence-corrected chi connectivity index (χ1v) is 10.6. The summed E-state index contributed by atoms with van der Waals surface area (Å²) in [6.45, 7) is 1.76. The summed E-state index contributed by atoms with van der Waals surface area (Å²) in [4.78, 5) is 35.8. The molecule has 4 rings (SSSR count). The number of benzene rings is 2. The molecule has 0 spiro atoms. The fraction of sp³-hybridized carbons (Fsp3) is 0.375. The van der Waals surface area contributed by atoms with Gasteiger partial charge >= 0.3 is 12.1 Å². The molecular weight excluding hydrogens is 396 g/mol. The van der Waals surface area contributed by atoms with Crippen LogP contribution in [0, 0.1) is 5.92 Å². The normalized spacial score (nSPS) is 20.4. The zero-order chi connectivity index (χ0) is 22.0. The molecule has 0 heterocycles. The summed E-state index contributed by atoms with van der Waals surface area (Å²) in [5, 5.41) is 14.5. The molecule has 7 nitrogen and oxygen atoms in total. The van der Waals surface area contributed by atoms with E-state index in [0.29, 0.717) is 19.3 Å². The van der Waals surface area contributed by atoms with E-state index in [4.69, 9.17) is 9.84 Å². The third kappa shape index (κ3) is 4.40. The van der Waals surface area contributed by atoms with E-state index >= 15 is 0 Å². The van der Waals surface area contributed by atoms with E-state index in [0.717, 1.165) is 22.3 Å². The van der Waals surface area contributed by atoms with Crippen molar-refractivity contribution in [3.05, 3.63) is 59.7 Å². The minimum atomic E-state index is -0.832. The van der Waals surface area contributed by atoms with Crippen LogP contribution in [0.1, 0.15) is 43.2 Å². The van der Waals surface area contributed by atoms with Gasteiger partial charge in [-0.1, -0.05) is 48.5 Å². The molecular formula is C24H26N2O5. The van der Waals surface area contributed by atoms with Gasteiger partial charge in [-0.3, -0.25) is 9.59 Å². The van der Waals surface area contributed by atoms with Crippen molar-refractivity contribution in [2.45, 2.75) is 44.2 Å². The van der Waals surface area contributed by atoms with E-state index in [2.05, 4.69) is 22.8 Å². The number of carboxylic acid groups (broad SMARTS) is 1. The molecule has 2 aliphatic carbocycles. The molecule has 0 saturated heterocycles. The van der Waals surface area contributed by atoms with Crippen molar-refractivity contribution in [1.82, 2.24) is 10.6 Å². The number of carbonyl (C=O) groups excluding carboxylic acids is 2. The van der Waals surface area contributed by atoms with Crippen LogP contribution in [0.5, 0.6) is 0 Å². The Hall–Kier alpha value is -3.35. The Kier molecular flexibility index (Phi) is 5.93. The number of alkyl carbamates (subject to hydrolysis) is 1. The average Bonchev–Trinajstić information content (AvgIpc) is 3.35. The lowest BCUT2D eigenvalue weighted by Gasteiger charge is -2.19. The van der Waals surface area contributed by atoms with Gasteiger partial charge in [0.15, 0.2) is 0 Å². The van der Waals surface area contributed by atoms with Crippen LogP contribution < -0.4 is 10.6 Å². The summed E-state index contributed by atoms with van der Waals surface area (Å²) in [7, 11) is 0. The molecule has 2 aliphatic rings. The Bertz CT molecular complexity index is 959. The van der Waals surface area contributed by atoms with Gasteiger partial charge in [0.2, 0.25) is 5.91 Å². The summed E-state index contributed by atoms with van der Waals surface area (Å²) < 4.78 is 5.47. The molecule has 2 amide bonds. The van der Waals surface area contributed by atoms with Gasteiger partial charge in [-0.25, -0.2) is 4.79 Å². The monoisotopic (exact) mass is 422 g/mol. The molecule has 2 aromatic rings. The maximum Gasteiger partial charge on any atom is 0.407 e.